The highest BCUT2D eigenvalue weighted by Gasteiger charge is 2.24. The first-order chi connectivity index (χ1) is 14.0. The summed E-state index contributed by atoms with van der Waals surface area (Å²) in [5.74, 6) is 1.43. The first-order valence-electron chi connectivity index (χ1n) is 10.2. The summed E-state index contributed by atoms with van der Waals surface area (Å²) in [6, 6.07) is 7.73. The SMILES string of the molecule is CN=C(NCc1ccc(NC(=O)NC(C)C)cc1)N1CCC(COCCOC)C1.I. The first-order valence-corrected chi connectivity index (χ1v) is 10.2. The smallest absolute Gasteiger partial charge is 0.319 e. The second-order valence-electron chi connectivity index (χ2n) is 7.52. The first kappa shape index (κ1) is 26.4. The average Bonchev–Trinajstić information content (AvgIpc) is 3.15. The Morgan fingerprint density at radius 3 is 2.63 bits per heavy atom. The van der Waals surface area contributed by atoms with E-state index in [-0.39, 0.29) is 36.0 Å². The van der Waals surface area contributed by atoms with Crippen molar-refractivity contribution in [2.24, 2.45) is 10.9 Å². The minimum atomic E-state index is -0.193. The van der Waals surface area contributed by atoms with E-state index in [2.05, 4.69) is 25.8 Å². The third-order valence-electron chi connectivity index (χ3n) is 4.66. The number of urea groups is 1. The van der Waals surface area contributed by atoms with Gasteiger partial charge in [-0.2, -0.15) is 0 Å². The van der Waals surface area contributed by atoms with Crippen LogP contribution < -0.4 is 16.0 Å². The lowest BCUT2D eigenvalue weighted by molar-refractivity contribution is 0.0536. The number of nitrogens with one attached hydrogen (secondary N) is 3. The van der Waals surface area contributed by atoms with Crippen LogP contribution >= 0.6 is 24.0 Å². The molecule has 0 aliphatic carbocycles. The number of hydrogen-bond acceptors (Lipinski definition) is 4. The van der Waals surface area contributed by atoms with E-state index in [1.807, 2.05) is 45.2 Å². The van der Waals surface area contributed by atoms with Crippen LogP contribution in [0.5, 0.6) is 0 Å². The van der Waals surface area contributed by atoms with Gasteiger partial charge < -0.3 is 30.3 Å². The van der Waals surface area contributed by atoms with Gasteiger partial charge in [0, 0.05) is 51.4 Å². The fourth-order valence-electron chi connectivity index (χ4n) is 3.20. The number of rotatable bonds is 9. The molecule has 3 N–H and O–H groups in total. The summed E-state index contributed by atoms with van der Waals surface area (Å²) in [6.07, 6.45) is 1.10. The van der Waals surface area contributed by atoms with Gasteiger partial charge in [-0.1, -0.05) is 12.1 Å². The maximum atomic E-state index is 11.8. The zero-order valence-corrected chi connectivity index (χ0v) is 20.8. The Bertz CT molecular complexity index is 655. The van der Waals surface area contributed by atoms with Crippen molar-refractivity contribution in [3.63, 3.8) is 0 Å². The Balaban J connectivity index is 0.00000450. The zero-order chi connectivity index (χ0) is 21.1. The summed E-state index contributed by atoms with van der Waals surface area (Å²) >= 11 is 0. The van der Waals surface area contributed by atoms with E-state index in [4.69, 9.17) is 9.47 Å². The van der Waals surface area contributed by atoms with Crippen LogP contribution in [0.15, 0.2) is 29.3 Å². The van der Waals surface area contributed by atoms with Crippen LogP contribution in [0.25, 0.3) is 0 Å². The van der Waals surface area contributed by atoms with Crippen molar-refractivity contribution in [2.45, 2.75) is 32.9 Å². The molecule has 0 radical (unpaired) electrons. The normalized spacial score (nSPS) is 16.4. The second-order valence-corrected chi connectivity index (χ2v) is 7.52. The van der Waals surface area contributed by atoms with Crippen molar-refractivity contribution in [1.29, 1.82) is 0 Å². The number of halogens is 1. The summed E-state index contributed by atoms with van der Waals surface area (Å²) in [5.41, 5.74) is 1.90. The highest BCUT2D eigenvalue weighted by molar-refractivity contribution is 14.0. The summed E-state index contributed by atoms with van der Waals surface area (Å²) in [4.78, 5) is 18.5. The molecule has 0 aromatic heterocycles. The number of anilines is 1. The highest BCUT2D eigenvalue weighted by atomic mass is 127. The van der Waals surface area contributed by atoms with Gasteiger partial charge in [-0.25, -0.2) is 4.79 Å². The van der Waals surface area contributed by atoms with E-state index in [9.17, 15) is 4.79 Å². The molecule has 30 heavy (non-hydrogen) atoms. The third-order valence-corrected chi connectivity index (χ3v) is 4.66. The van der Waals surface area contributed by atoms with Gasteiger partial charge >= 0.3 is 6.03 Å². The summed E-state index contributed by atoms with van der Waals surface area (Å²) in [5, 5.41) is 9.06. The number of methoxy groups -OCH3 is 1. The van der Waals surface area contributed by atoms with Gasteiger partial charge in [0.15, 0.2) is 5.96 Å². The highest BCUT2D eigenvalue weighted by Crippen LogP contribution is 2.17. The quantitative estimate of drug-likeness (QED) is 0.197. The number of carbonyl (C=O) groups excluding carboxylic acids is 1. The zero-order valence-electron chi connectivity index (χ0n) is 18.4. The van der Waals surface area contributed by atoms with Crippen LogP contribution in [0.1, 0.15) is 25.8 Å². The van der Waals surface area contributed by atoms with Gasteiger partial charge in [-0.15, -0.1) is 24.0 Å². The molecule has 1 aromatic rings. The lowest BCUT2D eigenvalue weighted by atomic mass is 10.1. The number of ether oxygens (including phenoxy) is 2. The Hall–Kier alpha value is -1.59. The van der Waals surface area contributed by atoms with Crippen molar-refractivity contribution in [3.8, 4) is 0 Å². The Morgan fingerprint density at radius 2 is 2.00 bits per heavy atom. The van der Waals surface area contributed by atoms with E-state index in [1.165, 1.54) is 0 Å². The summed E-state index contributed by atoms with van der Waals surface area (Å²) < 4.78 is 10.7. The molecule has 2 rings (SSSR count). The predicted molar refractivity (Wildman–Crippen MR) is 132 cm³/mol. The minimum absolute atomic E-state index is 0. The lowest BCUT2D eigenvalue weighted by Gasteiger charge is -2.22. The number of aliphatic imine (C=N–C) groups is 1. The van der Waals surface area contributed by atoms with Crippen LogP contribution in [-0.4, -0.2) is 70.0 Å². The summed E-state index contributed by atoms with van der Waals surface area (Å²) in [6.45, 7) is 8.50. The summed E-state index contributed by atoms with van der Waals surface area (Å²) in [7, 11) is 3.50. The fraction of sp³-hybridized carbons (Fsp3) is 0.619. The van der Waals surface area contributed by atoms with Crippen molar-refractivity contribution in [2.75, 3.05) is 52.4 Å². The molecular weight excluding hydrogens is 497 g/mol. The predicted octanol–water partition coefficient (Wildman–Crippen LogP) is 2.89. The molecule has 170 valence electrons. The van der Waals surface area contributed by atoms with Crippen molar-refractivity contribution >= 4 is 41.7 Å². The molecule has 1 aliphatic heterocycles. The van der Waals surface area contributed by atoms with Crippen molar-refractivity contribution in [1.82, 2.24) is 15.5 Å². The monoisotopic (exact) mass is 533 g/mol. The molecule has 0 spiro atoms. The molecule has 1 saturated heterocycles. The van der Waals surface area contributed by atoms with Gasteiger partial charge in [-0.05, 0) is 38.0 Å². The molecule has 8 nitrogen and oxygen atoms in total. The van der Waals surface area contributed by atoms with Gasteiger partial charge in [-0.3, -0.25) is 4.99 Å². The molecule has 1 unspecified atom stereocenters. The van der Waals surface area contributed by atoms with Crippen LogP contribution in [0.2, 0.25) is 0 Å². The standard InChI is InChI=1S/C21H35N5O3.HI/c1-16(2)24-21(27)25-19-7-5-17(6-8-19)13-23-20(22-3)26-10-9-18(14-26)15-29-12-11-28-4;/h5-8,16,18H,9-15H2,1-4H3,(H,22,23)(H2,24,25,27);1H. The third kappa shape index (κ3) is 9.48. The van der Waals surface area contributed by atoms with Crippen LogP contribution in [0.3, 0.4) is 0 Å². The van der Waals surface area contributed by atoms with Gasteiger partial charge in [0.2, 0.25) is 0 Å². The number of nitrogens with zero attached hydrogens (tertiary/aromatic N) is 2. The number of benzene rings is 1. The molecule has 1 fully saturated rings. The van der Waals surface area contributed by atoms with E-state index >= 15 is 0 Å². The number of guanidine groups is 1. The minimum Gasteiger partial charge on any atom is -0.382 e. The van der Waals surface area contributed by atoms with E-state index in [0.29, 0.717) is 25.7 Å². The molecule has 1 aromatic carbocycles. The van der Waals surface area contributed by atoms with Crippen LogP contribution in [0.4, 0.5) is 10.5 Å². The van der Waals surface area contributed by atoms with Gasteiger partial charge in [0.25, 0.3) is 0 Å². The van der Waals surface area contributed by atoms with Gasteiger partial charge in [0.1, 0.15) is 0 Å². The van der Waals surface area contributed by atoms with Crippen LogP contribution in [0, 0.1) is 5.92 Å². The molecule has 0 bridgehead atoms. The molecule has 2 amide bonds. The molecule has 1 heterocycles. The van der Waals surface area contributed by atoms with E-state index in [0.717, 1.165) is 43.3 Å². The van der Waals surface area contributed by atoms with Gasteiger partial charge in [0.05, 0.1) is 19.8 Å². The molecular formula is C21H36IN5O3. The maximum Gasteiger partial charge on any atom is 0.319 e. The Labute approximate surface area is 197 Å². The fourth-order valence-corrected chi connectivity index (χ4v) is 3.20. The molecule has 1 atom stereocenters. The van der Waals surface area contributed by atoms with Crippen molar-refractivity contribution < 1.29 is 14.3 Å². The van der Waals surface area contributed by atoms with E-state index in [1.54, 1.807) is 7.11 Å². The van der Waals surface area contributed by atoms with Crippen LogP contribution in [-0.2, 0) is 16.0 Å². The maximum absolute atomic E-state index is 11.8. The molecule has 1 aliphatic rings. The average molecular weight is 533 g/mol. The largest absolute Gasteiger partial charge is 0.382 e. The number of hydrogen-bond donors (Lipinski definition) is 3. The molecule has 9 heteroatoms. The Morgan fingerprint density at radius 1 is 1.27 bits per heavy atom. The number of carbonyl (C=O) groups is 1. The van der Waals surface area contributed by atoms with E-state index < -0.39 is 0 Å². The lowest BCUT2D eigenvalue weighted by Crippen LogP contribution is -2.39. The second kappa shape index (κ2) is 14.4. The topological polar surface area (TPSA) is 87.2 Å². The Kier molecular flexibility index (Phi) is 12.7. The number of amides is 2. The number of likely N-dealkylation sites (tertiary alicyclic amines) is 1. The van der Waals surface area contributed by atoms with Crippen molar-refractivity contribution in [3.05, 3.63) is 29.8 Å². The molecule has 0 saturated carbocycles.